The second-order valence-electron chi connectivity index (χ2n) is 3.97. The molecule has 4 heteroatoms. The van der Waals surface area contributed by atoms with E-state index in [0.29, 0.717) is 16.1 Å². The minimum atomic E-state index is -0.0129. The van der Waals surface area contributed by atoms with E-state index in [0.717, 1.165) is 5.69 Å². The maximum absolute atomic E-state index is 11.9. The van der Waals surface area contributed by atoms with E-state index < -0.39 is 0 Å². The van der Waals surface area contributed by atoms with Crippen LogP contribution >= 0.6 is 11.6 Å². The van der Waals surface area contributed by atoms with Gasteiger partial charge in [0.25, 0.3) is 0 Å². The van der Waals surface area contributed by atoms with Crippen LogP contribution in [0.5, 0.6) is 0 Å². The SMILES string of the molecule is N#Cc1ccc(NCC(=O)c2ccc(Cl)cc2)cc1. The van der Waals surface area contributed by atoms with Crippen molar-refractivity contribution in [2.75, 3.05) is 11.9 Å². The first-order valence-electron chi connectivity index (χ1n) is 5.72. The minimum absolute atomic E-state index is 0.0129. The number of anilines is 1. The van der Waals surface area contributed by atoms with E-state index in [-0.39, 0.29) is 12.3 Å². The Kier molecular flexibility index (Phi) is 4.17. The molecule has 0 aliphatic carbocycles. The summed E-state index contributed by atoms with van der Waals surface area (Å²) in [7, 11) is 0. The van der Waals surface area contributed by atoms with Crippen LogP contribution in [0, 0.1) is 11.3 Å². The second-order valence-corrected chi connectivity index (χ2v) is 4.41. The Morgan fingerprint density at radius 1 is 1.11 bits per heavy atom. The number of rotatable bonds is 4. The molecule has 0 aromatic heterocycles. The number of hydrogen-bond acceptors (Lipinski definition) is 3. The van der Waals surface area contributed by atoms with E-state index in [1.807, 2.05) is 6.07 Å². The van der Waals surface area contributed by atoms with Gasteiger partial charge in [-0.2, -0.15) is 5.26 Å². The zero-order chi connectivity index (χ0) is 13.7. The molecule has 0 atom stereocenters. The molecule has 0 saturated carbocycles. The summed E-state index contributed by atoms with van der Waals surface area (Å²) in [6.45, 7) is 0.202. The van der Waals surface area contributed by atoms with Crippen LogP contribution in [0.15, 0.2) is 48.5 Å². The molecule has 0 heterocycles. The molecular formula is C15H11ClN2O. The summed E-state index contributed by atoms with van der Waals surface area (Å²) in [5, 5.41) is 12.3. The van der Waals surface area contributed by atoms with Crippen molar-refractivity contribution in [2.45, 2.75) is 0 Å². The van der Waals surface area contributed by atoms with Gasteiger partial charge >= 0.3 is 0 Å². The van der Waals surface area contributed by atoms with Crippen molar-refractivity contribution in [2.24, 2.45) is 0 Å². The summed E-state index contributed by atoms with van der Waals surface area (Å²) < 4.78 is 0. The average Bonchev–Trinajstić information content (AvgIpc) is 2.46. The van der Waals surface area contributed by atoms with Crippen molar-refractivity contribution < 1.29 is 4.79 Å². The van der Waals surface area contributed by atoms with Gasteiger partial charge in [-0.3, -0.25) is 4.79 Å². The molecule has 0 aliphatic heterocycles. The molecule has 0 saturated heterocycles. The first-order chi connectivity index (χ1) is 9.19. The highest BCUT2D eigenvalue weighted by Crippen LogP contribution is 2.11. The predicted molar refractivity (Wildman–Crippen MR) is 75.4 cm³/mol. The van der Waals surface area contributed by atoms with Gasteiger partial charge in [-0.1, -0.05) is 11.6 Å². The summed E-state index contributed by atoms with van der Waals surface area (Å²) in [4.78, 5) is 11.9. The smallest absolute Gasteiger partial charge is 0.181 e. The quantitative estimate of drug-likeness (QED) is 0.865. The number of nitrogens with zero attached hydrogens (tertiary/aromatic N) is 1. The highest BCUT2D eigenvalue weighted by atomic mass is 35.5. The molecule has 2 rings (SSSR count). The van der Waals surface area contributed by atoms with E-state index in [2.05, 4.69) is 5.32 Å². The van der Waals surface area contributed by atoms with Gasteiger partial charge < -0.3 is 5.32 Å². The van der Waals surface area contributed by atoms with Gasteiger partial charge in [-0.15, -0.1) is 0 Å². The lowest BCUT2D eigenvalue weighted by molar-refractivity contribution is 0.101. The van der Waals surface area contributed by atoms with Crippen molar-refractivity contribution in [3.05, 3.63) is 64.7 Å². The molecule has 3 nitrogen and oxygen atoms in total. The van der Waals surface area contributed by atoms with Gasteiger partial charge in [0, 0.05) is 16.3 Å². The summed E-state index contributed by atoms with van der Waals surface area (Å²) in [5.41, 5.74) is 2.02. The fraction of sp³-hybridized carbons (Fsp3) is 0.0667. The number of ketones is 1. The van der Waals surface area contributed by atoms with Gasteiger partial charge in [-0.05, 0) is 48.5 Å². The van der Waals surface area contributed by atoms with Gasteiger partial charge in [-0.25, -0.2) is 0 Å². The Morgan fingerprint density at radius 2 is 1.74 bits per heavy atom. The molecule has 19 heavy (non-hydrogen) atoms. The molecule has 0 spiro atoms. The van der Waals surface area contributed by atoms with Crippen LogP contribution in [-0.4, -0.2) is 12.3 Å². The summed E-state index contributed by atoms with van der Waals surface area (Å²) in [5.74, 6) is -0.0129. The highest BCUT2D eigenvalue weighted by molar-refractivity contribution is 6.30. The fourth-order valence-electron chi connectivity index (χ4n) is 1.58. The Hall–Kier alpha value is -2.31. The Morgan fingerprint density at radius 3 is 2.32 bits per heavy atom. The van der Waals surface area contributed by atoms with Crippen molar-refractivity contribution in [3.63, 3.8) is 0 Å². The van der Waals surface area contributed by atoms with Crippen LogP contribution in [0.4, 0.5) is 5.69 Å². The van der Waals surface area contributed by atoms with Crippen molar-refractivity contribution in [3.8, 4) is 6.07 Å². The number of carbonyl (C=O) groups excluding carboxylic acids is 1. The fourth-order valence-corrected chi connectivity index (χ4v) is 1.71. The number of carbonyl (C=O) groups is 1. The van der Waals surface area contributed by atoms with E-state index >= 15 is 0 Å². The summed E-state index contributed by atoms with van der Waals surface area (Å²) in [6.07, 6.45) is 0. The lowest BCUT2D eigenvalue weighted by atomic mass is 10.1. The number of Topliss-reactive ketones (excluding diaryl/α,β-unsaturated/α-hetero) is 1. The predicted octanol–water partition coefficient (Wildman–Crippen LogP) is 3.51. The Bertz CT molecular complexity index is 612. The number of benzene rings is 2. The maximum atomic E-state index is 11.9. The monoisotopic (exact) mass is 270 g/mol. The number of nitriles is 1. The van der Waals surface area contributed by atoms with E-state index in [1.54, 1.807) is 48.5 Å². The van der Waals surface area contributed by atoms with Crippen LogP contribution in [0.2, 0.25) is 5.02 Å². The first-order valence-corrected chi connectivity index (χ1v) is 6.09. The van der Waals surface area contributed by atoms with E-state index in [9.17, 15) is 4.79 Å². The third-order valence-electron chi connectivity index (χ3n) is 2.63. The van der Waals surface area contributed by atoms with Crippen molar-refractivity contribution in [1.29, 1.82) is 5.26 Å². The zero-order valence-electron chi connectivity index (χ0n) is 10.1. The van der Waals surface area contributed by atoms with E-state index in [1.165, 1.54) is 0 Å². The molecule has 0 fully saturated rings. The van der Waals surface area contributed by atoms with Crippen LogP contribution in [0.3, 0.4) is 0 Å². The van der Waals surface area contributed by atoms with Crippen LogP contribution in [-0.2, 0) is 0 Å². The zero-order valence-corrected chi connectivity index (χ0v) is 10.8. The maximum Gasteiger partial charge on any atom is 0.181 e. The highest BCUT2D eigenvalue weighted by Gasteiger charge is 2.05. The average molecular weight is 271 g/mol. The van der Waals surface area contributed by atoms with Gasteiger partial charge in [0.05, 0.1) is 18.2 Å². The van der Waals surface area contributed by atoms with Gasteiger partial charge in [0.2, 0.25) is 0 Å². The number of hydrogen-bond donors (Lipinski definition) is 1. The number of nitrogens with one attached hydrogen (secondary N) is 1. The molecule has 2 aromatic rings. The first kappa shape index (κ1) is 13.1. The largest absolute Gasteiger partial charge is 0.378 e. The lowest BCUT2D eigenvalue weighted by Crippen LogP contribution is -2.13. The van der Waals surface area contributed by atoms with Crippen LogP contribution < -0.4 is 5.32 Å². The summed E-state index contributed by atoms with van der Waals surface area (Å²) in [6, 6.07) is 15.8. The number of halogens is 1. The Balaban J connectivity index is 1.96. The van der Waals surface area contributed by atoms with Crippen molar-refractivity contribution >= 4 is 23.1 Å². The van der Waals surface area contributed by atoms with E-state index in [4.69, 9.17) is 16.9 Å². The molecule has 0 amide bonds. The summed E-state index contributed by atoms with van der Waals surface area (Å²) >= 11 is 5.76. The molecule has 0 unspecified atom stereocenters. The molecule has 0 aliphatic rings. The van der Waals surface area contributed by atoms with Gasteiger partial charge in [0.1, 0.15) is 0 Å². The normalized spacial score (nSPS) is 9.68. The topological polar surface area (TPSA) is 52.9 Å². The van der Waals surface area contributed by atoms with Crippen LogP contribution in [0.25, 0.3) is 0 Å². The van der Waals surface area contributed by atoms with Crippen LogP contribution in [0.1, 0.15) is 15.9 Å². The minimum Gasteiger partial charge on any atom is -0.378 e. The molecule has 0 bridgehead atoms. The third kappa shape index (κ3) is 3.57. The molecule has 0 radical (unpaired) electrons. The standard InChI is InChI=1S/C15H11ClN2O/c16-13-5-3-12(4-6-13)15(19)10-18-14-7-1-11(9-17)2-8-14/h1-8,18H,10H2. The lowest BCUT2D eigenvalue weighted by Gasteiger charge is -2.05. The third-order valence-corrected chi connectivity index (χ3v) is 2.89. The molecule has 2 aromatic carbocycles. The van der Waals surface area contributed by atoms with Crippen molar-refractivity contribution in [1.82, 2.24) is 0 Å². The molecule has 1 N–H and O–H groups in total. The second kappa shape index (κ2) is 6.03. The Labute approximate surface area is 116 Å². The molecular weight excluding hydrogens is 260 g/mol. The molecule has 94 valence electrons. The van der Waals surface area contributed by atoms with Gasteiger partial charge in [0.15, 0.2) is 5.78 Å².